The van der Waals surface area contributed by atoms with E-state index in [9.17, 15) is 4.79 Å². The molecule has 70 valence electrons. The van der Waals surface area contributed by atoms with Gasteiger partial charge in [-0.3, -0.25) is 0 Å². The van der Waals surface area contributed by atoms with Crippen molar-refractivity contribution < 1.29 is 9.53 Å². The first-order chi connectivity index (χ1) is 5.66. The van der Waals surface area contributed by atoms with Crippen LogP contribution in [0.2, 0.25) is 0 Å². The van der Waals surface area contributed by atoms with Crippen LogP contribution in [0.1, 0.15) is 26.7 Å². The van der Waals surface area contributed by atoms with Crippen LogP contribution >= 0.6 is 0 Å². The Hall–Kier alpha value is -0.990. The van der Waals surface area contributed by atoms with Gasteiger partial charge in [-0.1, -0.05) is 19.1 Å². The molecule has 0 aromatic heterocycles. The zero-order valence-electron chi connectivity index (χ0n) is 7.75. The molecule has 0 aliphatic carbocycles. The van der Waals surface area contributed by atoms with Gasteiger partial charge in [-0.25, -0.2) is 4.79 Å². The van der Waals surface area contributed by atoms with Gasteiger partial charge in [-0.15, -0.1) is 0 Å². The molecule has 0 radical (unpaired) electrons. The van der Waals surface area contributed by atoms with Crippen LogP contribution in [-0.4, -0.2) is 12.7 Å². The Balaban J connectivity index is 3.33. The topological polar surface area (TPSA) is 52.3 Å². The van der Waals surface area contributed by atoms with E-state index in [0.29, 0.717) is 12.5 Å². The zero-order chi connectivity index (χ0) is 9.40. The predicted octanol–water partition coefficient (Wildman–Crippen LogP) is 2.07. The lowest BCUT2D eigenvalue weighted by atomic mass is 10.1. The van der Waals surface area contributed by atoms with Crippen LogP contribution in [0.15, 0.2) is 12.2 Å². The van der Waals surface area contributed by atoms with Gasteiger partial charge in [0.05, 0.1) is 6.61 Å². The van der Waals surface area contributed by atoms with Gasteiger partial charge in [0.1, 0.15) is 0 Å². The molecule has 0 aliphatic rings. The minimum absolute atomic E-state index is 0.383. The van der Waals surface area contributed by atoms with Crippen molar-refractivity contribution in [1.82, 2.24) is 0 Å². The van der Waals surface area contributed by atoms with Crippen molar-refractivity contribution in [2.75, 3.05) is 6.61 Å². The normalized spacial score (nSPS) is 13.2. The molecule has 0 aliphatic heterocycles. The van der Waals surface area contributed by atoms with Gasteiger partial charge in [0.2, 0.25) is 0 Å². The van der Waals surface area contributed by atoms with E-state index in [0.717, 1.165) is 12.8 Å². The first-order valence-corrected chi connectivity index (χ1v) is 4.20. The molecule has 1 atom stereocenters. The van der Waals surface area contributed by atoms with E-state index in [1.807, 2.05) is 19.9 Å². The average molecular weight is 171 g/mol. The largest absolute Gasteiger partial charge is 0.449 e. The number of hydrogen-bond acceptors (Lipinski definition) is 2. The minimum atomic E-state index is -0.687. The molecule has 3 heteroatoms. The Bertz CT molecular complexity index is 155. The maximum absolute atomic E-state index is 10.2. The van der Waals surface area contributed by atoms with Crippen LogP contribution in [-0.2, 0) is 4.74 Å². The molecule has 0 heterocycles. The molecule has 0 aromatic carbocycles. The fourth-order valence-corrected chi connectivity index (χ4v) is 0.855. The van der Waals surface area contributed by atoms with Gasteiger partial charge in [0.15, 0.2) is 0 Å². The maximum Gasteiger partial charge on any atom is 0.404 e. The number of ether oxygens (including phenoxy) is 1. The number of amides is 1. The smallest absolute Gasteiger partial charge is 0.404 e. The number of primary amides is 1. The van der Waals surface area contributed by atoms with Crippen molar-refractivity contribution in [2.45, 2.75) is 26.7 Å². The lowest BCUT2D eigenvalue weighted by Crippen LogP contribution is -2.17. The SMILES string of the molecule is CC=CCCC(C)COC(N)=O. The number of nitrogens with two attached hydrogens (primary N) is 1. The Morgan fingerprint density at radius 1 is 1.67 bits per heavy atom. The summed E-state index contributed by atoms with van der Waals surface area (Å²) in [5.41, 5.74) is 4.82. The summed E-state index contributed by atoms with van der Waals surface area (Å²) in [6, 6.07) is 0. The number of rotatable bonds is 5. The second kappa shape index (κ2) is 6.70. The van der Waals surface area contributed by atoms with Crippen molar-refractivity contribution in [3.63, 3.8) is 0 Å². The molecule has 0 bridgehead atoms. The van der Waals surface area contributed by atoms with Crippen molar-refractivity contribution in [3.8, 4) is 0 Å². The van der Waals surface area contributed by atoms with Crippen LogP contribution < -0.4 is 5.73 Å². The third kappa shape index (κ3) is 7.12. The Labute approximate surface area is 73.6 Å². The minimum Gasteiger partial charge on any atom is -0.449 e. The molecule has 0 rings (SSSR count). The van der Waals surface area contributed by atoms with Crippen LogP contribution in [0.4, 0.5) is 4.79 Å². The molecule has 1 amide bonds. The molecule has 0 fully saturated rings. The fourth-order valence-electron chi connectivity index (χ4n) is 0.855. The third-order valence-corrected chi connectivity index (χ3v) is 1.57. The van der Waals surface area contributed by atoms with Crippen LogP contribution in [0.25, 0.3) is 0 Å². The van der Waals surface area contributed by atoms with Crippen LogP contribution in [0.5, 0.6) is 0 Å². The molecule has 12 heavy (non-hydrogen) atoms. The van der Waals surface area contributed by atoms with E-state index >= 15 is 0 Å². The van der Waals surface area contributed by atoms with Gasteiger partial charge >= 0.3 is 6.09 Å². The summed E-state index contributed by atoms with van der Waals surface area (Å²) < 4.78 is 4.65. The number of carbonyl (C=O) groups is 1. The Morgan fingerprint density at radius 3 is 2.83 bits per heavy atom. The Kier molecular flexibility index (Phi) is 6.15. The second-order valence-corrected chi connectivity index (χ2v) is 2.88. The van der Waals surface area contributed by atoms with E-state index < -0.39 is 6.09 Å². The standard InChI is InChI=1S/C9H17NO2/c1-3-4-5-6-8(2)7-12-9(10)11/h3-4,8H,5-7H2,1-2H3,(H2,10,11). The summed E-state index contributed by atoms with van der Waals surface area (Å²) in [6.45, 7) is 4.45. The van der Waals surface area contributed by atoms with Gasteiger partial charge in [0, 0.05) is 0 Å². The second-order valence-electron chi connectivity index (χ2n) is 2.88. The van der Waals surface area contributed by atoms with Crippen LogP contribution in [0, 0.1) is 5.92 Å². The van der Waals surface area contributed by atoms with E-state index in [-0.39, 0.29) is 0 Å². The van der Waals surface area contributed by atoms with E-state index in [2.05, 4.69) is 10.8 Å². The molecule has 3 nitrogen and oxygen atoms in total. The van der Waals surface area contributed by atoms with Gasteiger partial charge in [-0.2, -0.15) is 0 Å². The van der Waals surface area contributed by atoms with Crippen molar-refractivity contribution in [1.29, 1.82) is 0 Å². The molecule has 0 saturated heterocycles. The lowest BCUT2D eigenvalue weighted by Gasteiger charge is -2.08. The first-order valence-electron chi connectivity index (χ1n) is 4.20. The summed E-state index contributed by atoms with van der Waals surface area (Å²) >= 11 is 0. The summed E-state index contributed by atoms with van der Waals surface area (Å²) in [4.78, 5) is 10.2. The number of hydrogen-bond donors (Lipinski definition) is 1. The third-order valence-electron chi connectivity index (χ3n) is 1.57. The quantitative estimate of drug-likeness (QED) is 0.644. The zero-order valence-corrected chi connectivity index (χ0v) is 7.75. The predicted molar refractivity (Wildman–Crippen MR) is 48.7 cm³/mol. The van der Waals surface area contributed by atoms with Crippen molar-refractivity contribution >= 4 is 6.09 Å². The monoisotopic (exact) mass is 171 g/mol. The number of allylic oxidation sites excluding steroid dienone is 2. The lowest BCUT2D eigenvalue weighted by molar-refractivity contribution is 0.138. The molecule has 0 aromatic rings. The average Bonchev–Trinajstić information content (AvgIpc) is 2.01. The molecular formula is C9H17NO2. The molecule has 2 N–H and O–H groups in total. The first kappa shape index (κ1) is 11.0. The summed E-state index contributed by atoms with van der Waals surface area (Å²) in [6.07, 6.45) is 5.48. The summed E-state index contributed by atoms with van der Waals surface area (Å²) in [7, 11) is 0. The maximum atomic E-state index is 10.2. The number of carbonyl (C=O) groups excluding carboxylic acids is 1. The van der Waals surface area contributed by atoms with E-state index in [1.54, 1.807) is 0 Å². The highest BCUT2D eigenvalue weighted by Gasteiger charge is 2.02. The summed E-state index contributed by atoms with van der Waals surface area (Å²) in [5.74, 6) is 0.383. The highest BCUT2D eigenvalue weighted by molar-refractivity contribution is 5.64. The molecule has 0 spiro atoms. The molecule has 1 unspecified atom stereocenters. The van der Waals surface area contributed by atoms with Crippen molar-refractivity contribution in [3.05, 3.63) is 12.2 Å². The van der Waals surface area contributed by atoms with Gasteiger partial charge in [0.25, 0.3) is 0 Å². The van der Waals surface area contributed by atoms with E-state index in [4.69, 9.17) is 5.73 Å². The highest BCUT2D eigenvalue weighted by Crippen LogP contribution is 2.06. The molecule has 0 saturated carbocycles. The molecular weight excluding hydrogens is 154 g/mol. The Morgan fingerprint density at radius 2 is 2.33 bits per heavy atom. The van der Waals surface area contributed by atoms with Gasteiger partial charge in [-0.05, 0) is 25.7 Å². The van der Waals surface area contributed by atoms with Crippen LogP contribution in [0.3, 0.4) is 0 Å². The highest BCUT2D eigenvalue weighted by atomic mass is 16.5. The van der Waals surface area contributed by atoms with Crippen molar-refractivity contribution in [2.24, 2.45) is 11.7 Å². The summed E-state index contributed by atoms with van der Waals surface area (Å²) in [5, 5.41) is 0. The van der Waals surface area contributed by atoms with E-state index in [1.165, 1.54) is 0 Å². The van der Waals surface area contributed by atoms with Gasteiger partial charge < -0.3 is 10.5 Å². The fraction of sp³-hybridized carbons (Fsp3) is 0.667.